The van der Waals surface area contributed by atoms with E-state index < -0.39 is 29.5 Å². The van der Waals surface area contributed by atoms with Crippen LogP contribution in [0.2, 0.25) is 0 Å². The Balaban J connectivity index is 1.74. The van der Waals surface area contributed by atoms with Crippen LogP contribution < -0.4 is 10.6 Å². The van der Waals surface area contributed by atoms with Crippen LogP contribution in [-0.2, 0) is 27.1 Å². The molecule has 3 rings (SSSR count). The van der Waals surface area contributed by atoms with Gasteiger partial charge in [-0.2, -0.15) is 13.2 Å². The fourth-order valence-corrected chi connectivity index (χ4v) is 3.83. The van der Waals surface area contributed by atoms with E-state index in [-0.39, 0.29) is 42.7 Å². The number of ether oxygens (including phenoxy) is 2. The van der Waals surface area contributed by atoms with Gasteiger partial charge in [0.1, 0.15) is 29.9 Å². The highest BCUT2D eigenvalue weighted by Gasteiger charge is 2.33. The van der Waals surface area contributed by atoms with Crippen LogP contribution in [0.25, 0.3) is 11.3 Å². The normalized spacial score (nSPS) is 18.5. The number of hydrogen-bond donors (Lipinski definition) is 4. The molecule has 34 heavy (non-hydrogen) atoms. The van der Waals surface area contributed by atoms with E-state index in [1.807, 2.05) is 0 Å². The number of aromatic nitrogens is 2. The zero-order valence-electron chi connectivity index (χ0n) is 18.8. The fraction of sp³-hybridized carbons (Fsp3) is 0.500. The number of nitrogens with one attached hydrogen (secondary N) is 2. The molecule has 0 bridgehead atoms. The number of esters is 1. The van der Waals surface area contributed by atoms with E-state index in [2.05, 4.69) is 20.8 Å². The number of aromatic hydroxyl groups is 1. The Bertz CT molecular complexity index is 1010. The average Bonchev–Trinajstić information content (AvgIpc) is 2.78. The zero-order chi connectivity index (χ0) is 24.9. The van der Waals surface area contributed by atoms with Crippen LogP contribution in [0.4, 0.5) is 19.0 Å². The Hall–Kier alpha value is -2.96. The number of carbonyl (C=O) groups is 1. The number of methoxy groups -OCH3 is 1. The fourth-order valence-electron chi connectivity index (χ4n) is 3.83. The van der Waals surface area contributed by atoms with E-state index in [9.17, 15) is 23.1 Å². The highest BCUT2D eigenvalue weighted by atomic mass is 19.4. The molecule has 1 saturated heterocycles. The van der Waals surface area contributed by atoms with Crippen LogP contribution in [0.15, 0.2) is 18.2 Å². The van der Waals surface area contributed by atoms with Crippen molar-refractivity contribution in [2.45, 2.75) is 44.6 Å². The monoisotopic (exact) mass is 484 g/mol. The molecule has 0 aliphatic carbocycles. The molecule has 0 spiro atoms. The molecule has 1 aliphatic rings. The van der Waals surface area contributed by atoms with Crippen molar-refractivity contribution in [3.8, 4) is 17.0 Å². The van der Waals surface area contributed by atoms with Crippen molar-refractivity contribution >= 4 is 11.8 Å². The maximum atomic E-state index is 13.2. The first-order valence-corrected chi connectivity index (χ1v) is 10.7. The summed E-state index contributed by atoms with van der Waals surface area (Å²) in [5, 5.41) is 33.8. The molecule has 9 nitrogen and oxygen atoms in total. The summed E-state index contributed by atoms with van der Waals surface area (Å²) in [4.78, 5) is 11.9. The molecule has 1 aromatic heterocycles. The number of phenols is 1. The Morgan fingerprint density at radius 3 is 2.62 bits per heavy atom. The van der Waals surface area contributed by atoms with Crippen LogP contribution in [0, 0.1) is 6.92 Å². The number of aliphatic hydroxyl groups is 1. The third-order valence-corrected chi connectivity index (χ3v) is 5.43. The van der Waals surface area contributed by atoms with Gasteiger partial charge in [0.05, 0.1) is 18.8 Å². The quantitative estimate of drug-likeness (QED) is 0.418. The molecule has 4 N–H and O–H groups in total. The largest absolute Gasteiger partial charge is 0.507 e. The van der Waals surface area contributed by atoms with Crippen LogP contribution in [0.3, 0.4) is 0 Å². The predicted octanol–water partition coefficient (Wildman–Crippen LogP) is 2.39. The highest BCUT2D eigenvalue weighted by molar-refractivity contribution is 5.76. The molecule has 186 valence electrons. The second-order valence-corrected chi connectivity index (χ2v) is 7.99. The molecular weight excluding hydrogens is 457 g/mol. The summed E-state index contributed by atoms with van der Waals surface area (Å²) in [6.45, 7) is 1.77. The van der Waals surface area contributed by atoms with Crippen LogP contribution in [0.1, 0.15) is 29.5 Å². The number of nitrogens with zero attached hydrogens (tertiary/aromatic N) is 2. The molecule has 12 heteroatoms. The molecule has 2 aromatic rings. The van der Waals surface area contributed by atoms with Gasteiger partial charge < -0.3 is 30.3 Å². The third-order valence-electron chi connectivity index (χ3n) is 5.43. The molecule has 0 saturated carbocycles. The number of aryl methyl sites for hydroxylation is 1. The first-order chi connectivity index (χ1) is 16.1. The second-order valence-electron chi connectivity index (χ2n) is 7.99. The van der Waals surface area contributed by atoms with Crippen molar-refractivity contribution in [1.82, 2.24) is 15.5 Å². The lowest BCUT2D eigenvalue weighted by Crippen LogP contribution is -2.49. The smallest absolute Gasteiger partial charge is 0.416 e. The predicted molar refractivity (Wildman–Crippen MR) is 116 cm³/mol. The van der Waals surface area contributed by atoms with Crippen molar-refractivity contribution in [3.63, 3.8) is 0 Å². The highest BCUT2D eigenvalue weighted by Crippen LogP contribution is 2.40. The molecule has 2 atom stereocenters. The van der Waals surface area contributed by atoms with Crippen molar-refractivity contribution in [1.29, 1.82) is 0 Å². The third kappa shape index (κ3) is 6.13. The van der Waals surface area contributed by atoms with Gasteiger partial charge in [0, 0.05) is 25.3 Å². The number of hydrogen-bond acceptors (Lipinski definition) is 9. The first kappa shape index (κ1) is 25.7. The number of alkyl halides is 3. The summed E-state index contributed by atoms with van der Waals surface area (Å²) in [5.74, 6) is -0.514. The Kier molecular flexibility index (Phi) is 8.28. The summed E-state index contributed by atoms with van der Waals surface area (Å²) in [6, 6.07) is 2.81. The van der Waals surface area contributed by atoms with Crippen molar-refractivity contribution < 1.29 is 37.7 Å². The minimum atomic E-state index is -4.62. The van der Waals surface area contributed by atoms with Gasteiger partial charge >= 0.3 is 12.1 Å². The van der Waals surface area contributed by atoms with Gasteiger partial charge in [-0.15, -0.1) is 10.2 Å². The molecular formula is C22H27F3N4O5. The SMILES string of the molecule is COCc1cc(C(F)(F)F)cc(O)c1-c1nnc(N[C@@H]2CC[C@@H](C(=O)OCCO)NC2)cc1C. The summed E-state index contributed by atoms with van der Waals surface area (Å²) in [5.41, 5.74) is 0.142. The molecule has 1 fully saturated rings. The van der Waals surface area contributed by atoms with Gasteiger partial charge in [0.15, 0.2) is 0 Å². The molecule has 0 amide bonds. The van der Waals surface area contributed by atoms with E-state index in [1.54, 1.807) is 13.0 Å². The van der Waals surface area contributed by atoms with E-state index >= 15 is 0 Å². The topological polar surface area (TPSA) is 126 Å². The Morgan fingerprint density at radius 2 is 2.03 bits per heavy atom. The number of anilines is 1. The van der Waals surface area contributed by atoms with Crippen LogP contribution in [0.5, 0.6) is 5.75 Å². The second kappa shape index (κ2) is 11.0. The minimum absolute atomic E-state index is 0.0371. The number of aliphatic hydroxyl groups excluding tert-OH is 1. The molecule has 2 heterocycles. The van der Waals surface area contributed by atoms with Gasteiger partial charge in [0.2, 0.25) is 0 Å². The van der Waals surface area contributed by atoms with E-state index in [1.165, 1.54) is 7.11 Å². The van der Waals surface area contributed by atoms with E-state index in [0.29, 0.717) is 36.8 Å². The number of rotatable bonds is 8. The number of halogens is 3. The minimum Gasteiger partial charge on any atom is -0.507 e. The number of benzene rings is 1. The first-order valence-electron chi connectivity index (χ1n) is 10.7. The lowest BCUT2D eigenvalue weighted by atomic mass is 9.97. The van der Waals surface area contributed by atoms with Crippen molar-refractivity contribution in [2.24, 2.45) is 0 Å². The van der Waals surface area contributed by atoms with E-state index in [0.717, 1.165) is 6.07 Å². The molecule has 1 aliphatic heterocycles. The van der Waals surface area contributed by atoms with Crippen LogP contribution >= 0.6 is 0 Å². The Morgan fingerprint density at radius 1 is 1.26 bits per heavy atom. The van der Waals surface area contributed by atoms with Gasteiger partial charge in [-0.25, -0.2) is 0 Å². The zero-order valence-corrected chi connectivity index (χ0v) is 18.8. The lowest BCUT2D eigenvalue weighted by molar-refractivity contribution is -0.147. The maximum Gasteiger partial charge on any atom is 0.416 e. The summed E-state index contributed by atoms with van der Waals surface area (Å²) >= 11 is 0. The Labute approximate surface area is 194 Å². The standard InChI is InChI=1S/C22H27F3N4O5/c1-12-7-18(27-15-3-4-16(26-10-15)21(32)34-6-5-30)28-29-20(12)19-13(11-33-2)8-14(9-17(19)31)22(23,24)25/h7-9,15-16,26,30-31H,3-6,10-11H2,1-2H3,(H,27,28)/t15-,16+/m1/s1. The van der Waals surface area contributed by atoms with Crippen LogP contribution in [-0.4, -0.2) is 65.3 Å². The summed E-state index contributed by atoms with van der Waals surface area (Å²) in [6.07, 6.45) is -3.42. The van der Waals surface area contributed by atoms with Crippen molar-refractivity contribution in [2.75, 3.05) is 32.2 Å². The number of piperidine rings is 1. The van der Waals surface area contributed by atoms with Gasteiger partial charge in [-0.3, -0.25) is 4.79 Å². The molecule has 1 aromatic carbocycles. The summed E-state index contributed by atoms with van der Waals surface area (Å²) < 4.78 is 49.5. The summed E-state index contributed by atoms with van der Waals surface area (Å²) in [7, 11) is 1.35. The maximum absolute atomic E-state index is 13.2. The van der Waals surface area contributed by atoms with Gasteiger partial charge in [-0.05, 0) is 49.1 Å². The number of carbonyl (C=O) groups excluding carboxylic acids is 1. The van der Waals surface area contributed by atoms with Gasteiger partial charge in [-0.1, -0.05) is 0 Å². The van der Waals surface area contributed by atoms with Gasteiger partial charge in [0.25, 0.3) is 0 Å². The lowest BCUT2D eigenvalue weighted by Gasteiger charge is -2.29. The number of phenolic OH excluding ortho intramolecular Hbond substituents is 1. The molecule has 0 radical (unpaired) electrons. The average molecular weight is 484 g/mol. The van der Waals surface area contributed by atoms with E-state index in [4.69, 9.17) is 14.6 Å². The molecule has 0 unspecified atom stereocenters. The van der Waals surface area contributed by atoms with Crippen molar-refractivity contribution in [3.05, 3.63) is 34.9 Å².